The van der Waals surface area contributed by atoms with E-state index in [9.17, 15) is 0 Å². The number of thiazole rings is 1. The van der Waals surface area contributed by atoms with Crippen LogP contribution in [0.25, 0.3) is 0 Å². The van der Waals surface area contributed by atoms with Crippen molar-refractivity contribution in [2.75, 3.05) is 0 Å². The van der Waals surface area contributed by atoms with Gasteiger partial charge in [0, 0.05) is 23.5 Å². The van der Waals surface area contributed by atoms with E-state index >= 15 is 0 Å². The van der Waals surface area contributed by atoms with Gasteiger partial charge < -0.3 is 5.73 Å². The largest absolute Gasteiger partial charge is 0.327 e. The van der Waals surface area contributed by atoms with Crippen LogP contribution in [0.2, 0.25) is 0 Å². The molecule has 1 aliphatic rings. The van der Waals surface area contributed by atoms with Crippen LogP contribution < -0.4 is 5.73 Å². The van der Waals surface area contributed by atoms with Gasteiger partial charge in [-0.3, -0.25) is 0 Å². The van der Waals surface area contributed by atoms with E-state index in [2.05, 4.69) is 24.2 Å². The maximum Gasteiger partial charge on any atom is 0.0943 e. The van der Waals surface area contributed by atoms with Crippen LogP contribution in [-0.2, 0) is 6.42 Å². The van der Waals surface area contributed by atoms with Gasteiger partial charge in [-0.2, -0.15) is 0 Å². The van der Waals surface area contributed by atoms with E-state index in [0.717, 1.165) is 24.0 Å². The maximum absolute atomic E-state index is 6.34. The highest BCUT2D eigenvalue weighted by Crippen LogP contribution is 2.32. The first-order valence-electron chi connectivity index (χ1n) is 6.85. The minimum atomic E-state index is 0.318. The molecule has 0 bridgehead atoms. The SMILES string of the molecule is CCC1CCC(C(N)Cc2nc(C)cs2)CC1. The van der Waals surface area contributed by atoms with Crippen molar-refractivity contribution < 1.29 is 0 Å². The van der Waals surface area contributed by atoms with Crippen LogP contribution in [0.4, 0.5) is 0 Å². The van der Waals surface area contributed by atoms with Gasteiger partial charge in [0.1, 0.15) is 0 Å². The Kier molecular flexibility index (Phi) is 4.57. The Morgan fingerprint density at radius 3 is 2.65 bits per heavy atom. The Labute approximate surface area is 109 Å². The summed E-state index contributed by atoms with van der Waals surface area (Å²) in [6.45, 7) is 4.36. The van der Waals surface area contributed by atoms with Crippen molar-refractivity contribution in [2.45, 2.75) is 58.4 Å². The van der Waals surface area contributed by atoms with Crippen LogP contribution in [-0.4, -0.2) is 11.0 Å². The number of hydrogen-bond acceptors (Lipinski definition) is 3. The first-order valence-corrected chi connectivity index (χ1v) is 7.73. The molecule has 1 atom stereocenters. The average Bonchev–Trinajstić information content (AvgIpc) is 2.75. The van der Waals surface area contributed by atoms with Gasteiger partial charge >= 0.3 is 0 Å². The van der Waals surface area contributed by atoms with Gasteiger partial charge in [-0.1, -0.05) is 26.2 Å². The minimum absolute atomic E-state index is 0.318. The molecule has 0 saturated heterocycles. The number of aromatic nitrogens is 1. The molecule has 1 saturated carbocycles. The Balaban J connectivity index is 1.82. The quantitative estimate of drug-likeness (QED) is 0.890. The molecule has 1 fully saturated rings. The summed E-state index contributed by atoms with van der Waals surface area (Å²) in [6.07, 6.45) is 7.72. The number of rotatable bonds is 4. The zero-order chi connectivity index (χ0) is 12.3. The zero-order valence-corrected chi connectivity index (χ0v) is 11.8. The van der Waals surface area contributed by atoms with E-state index in [1.165, 1.54) is 37.1 Å². The number of hydrogen-bond donors (Lipinski definition) is 1. The molecular weight excluding hydrogens is 228 g/mol. The van der Waals surface area contributed by atoms with Crippen LogP contribution in [0.15, 0.2) is 5.38 Å². The molecule has 0 aromatic carbocycles. The molecule has 1 aromatic rings. The summed E-state index contributed by atoms with van der Waals surface area (Å²) in [5, 5.41) is 3.34. The van der Waals surface area contributed by atoms with Gasteiger partial charge in [-0.25, -0.2) is 4.98 Å². The van der Waals surface area contributed by atoms with Crippen LogP contribution in [0.5, 0.6) is 0 Å². The van der Waals surface area contributed by atoms with E-state index < -0.39 is 0 Å². The molecule has 1 aromatic heterocycles. The lowest BCUT2D eigenvalue weighted by atomic mass is 9.77. The lowest BCUT2D eigenvalue weighted by molar-refractivity contribution is 0.238. The van der Waals surface area contributed by atoms with Crippen molar-refractivity contribution in [1.82, 2.24) is 4.98 Å². The molecule has 1 aliphatic carbocycles. The summed E-state index contributed by atoms with van der Waals surface area (Å²) in [4.78, 5) is 4.52. The van der Waals surface area contributed by atoms with Gasteiger partial charge in [0.15, 0.2) is 0 Å². The molecule has 3 heteroatoms. The van der Waals surface area contributed by atoms with Crippen molar-refractivity contribution in [3.63, 3.8) is 0 Å². The van der Waals surface area contributed by atoms with Crippen molar-refractivity contribution in [3.8, 4) is 0 Å². The molecule has 0 amide bonds. The number of nitrogens with two attached hydrogens (primary N) is 1. The van der Waals surface area contributed by atoms with Crippen LogP contribution in [0.3, 0.4) is 0 Å². The van der Waals surface area contributed by atoms with Crippen molar-refractivity contribution in [3.05, 3.63) is 16.1 Å². The second kappa shape index (κ2) is 5.96. The molecule has 0 radical (unpaired) electrons. The summed E-state index contributed by atoms with van der Waals surface area (Å²) >= 11 is 1.76. The molecule has 1 heterocycles. The van der Waals surface area contributed by atoms with E-state index in [-0.39, 0.29) is 0 Å². The second-order valence-electron chi connectivity index (χ2n) is 5.44. The molecule has 2 rings (SSSR count). The summed E-state index contributed by atoms with van der Waals surface area (Å²) in [5.74, 6) is 1.68. The topological polar surface area (TPSA) is 38.9 Å². The number of aryl methyl sites for hydroxylation is 1. The predicted molar refractivity (Wildman–Crippen MR) is 74.3 cm³/mol. The average molecular weight is 252 g/mol. The first-order chi connectivity index (χ1) is 8.19. The lowest BCUT2D eigenvalue weighted by Gasteiger charge is -2.31. The molecule has 0 aliphatic heterocycles. The number of nitrogens with zero attached hydrogens (tertiary/aromatic N) is 1. The van der Waals surface area contributed by atoms with Crippen LogP contribution >= 0.6 is 11.3 Å². The monoisotopic (exact) mass is 252 g/mol. The van der Waals surface area contributed by atoms with Crippen LogP contribution in [0, 0.1) is 18.8 Å². The Morgan fingerprint density at radius 2 is 2.12 bits per heavy atom. The summed E-state index contributed by atoms with van der Waals surface area (Å²) < 4.78 is 0. The molecule has 1 unspecified atom stereocenters. The van der Waals surface area contributed by atoms with Gasteiger partial charge in [-0.05, 0) is 31.6 Å². The minimum Gasteiger partial charge on any atom is -0.327 e. The molecule has 17 heavy (non-hydrogen) atoms. The third kappa shape index (κ3) is 3.52. The highest BCUT2D eigenvalue weighted by molar-refractivity contribution is 7.09. The highest BCUT2D eigenvalue weighted by Gasteiger charge is 2.25. The Morgan fingerprint density at radius 1 is 1.41 bits per heavy atom. The normalized spacial score (nSPS) is 27.0. The third-order valence-electron chi connectivity index (χ3n) is 4.15. The Bertz CT molecular complexity index is 340. The molecular formula is C14H24N2S. The smallest absolute Gasteiger partial charge is 0.0943 e. The Hall–Kier alpha value is -0.410. The van der Waals surface area contributed by atoms with Gasteiger partial charge in [0.2, 0.25) is 0 Å². The standard InChI is InChI=1S/C14H24N2S/c1-3-11-4-6-12(7-5-11)13(15)8-14-16-10(2)9-17-14/h9,11-13H,3-8,15H2,1-2H3. The van der Waals surface area contributed by atoms with Gasteiger partial charge in [0.25, 0.3) is 0 Å². The van der Waals surface area contributed by atoms with E-state index in [1.54, 1.807) is 11.3 Å². The fourth-order valence-corrected chi connectivity index (χ4v) is 3.73. The predicted octanol–water partition coefficient (Wildman–Crippen LogP) is 3.54. The van der Waals surface area contributed by atoms with E-state index in [4.69, 9.17) is 5.73 Å². The van der Waals surface area contributed by atoms with Gasteiger partial charge in [0.05, 0.1) is 5.01 Å². The maximum atomic E-state index is 6.34. The molecule has 2 N–H and O–H groups in total. The summed E-state index contributed by atoms with van der Waals surface area (Å²) in [7, 11) is 0. The van der Waals surface area contributed by atoms with Crippen molar-refractivity contribution >= 4 is 11.3 Å². The zero-order valence-electron chi connectivity index (χ0n) is 11.0. The molecule has 0 spiro atoms. The fourth-order valence-electron chi connectivity index (χ4n) is 2.89. The highest BCUT2D eigenvalue weighted by atomic mass is 32.1. The van der Waals surface area contributed by atoms with E-state index in [0.29, 0.717) is 6.04 Å². The first kappa shape index (κ1) is 13.0. The molecule has 2 nitrogen and oxygen atoms in total. The van der Waals surface area contributed by atoms with Crippen molar-refractivity contribution in [1.29, 1.82) is 0 Å². The third-order valence-corrected chi connectivity index (χ3v) is 5.14. The van der Waals surface area contributed by atoms with E-state index in [1.807, 2.05) is 0 Å². The fraction of sp³-hybridized carbons (Fsp3) is 0.786. The second-order valence-corrected chi connectivity index (χ2v) is 6.38. The molecule has 96 valence electrons. The summed E-state index contributed by atoms with van der Waals surface area (Å²) in [5.41, 5.74) is 7.47. The van der Waals surface area contributed by atoms with Gasteiger partial charge in [-0.15, -0.1) is 11.3 Å². The van der Waals surface area contributed by atoms with Crippen molar-refractivity contribution in [2.24, 2.45) is 17.6 Å². The summed E-state index contributed by atoms with van der Waals surface area (Å²) in [6, 6.07) is 0.318. The lowest BCUT2D eigenvalue weighted by Crippen LogP contribution is -2.34. The van der Waals surface area contributed by atoms with Crippen LogP contribution in [0.1, 0.15) is 49.7 Å².